The van der Waals surface area contributed by atoms with E-state index in [1.165, 1.54) is 17.4 Å². The molecular formula is C27H32N4O3. The summed E-state index contributed by atoms with van der Waals surface area (Å²) < 4.78 is 5.55. The van der Waals surface area contributed by atoms with Gasteiger partial charge in [0.15, 0.2) is 0 Å². The number of carboxylic acid groups (broad SMARTS) is 1. The number of piperidine rings is 1. The molecule has 5 rings (SSSR count). The maximum Gasteiger partial charge on any atom is 0.329 e. The molecule has 34 heavy (non-hydrogen) atoms. The number of hydrogen-bond donors (Lipinski definition) is 1. The second-order valence-electron chi connectivity index (χ2n) is 9.60. The molecule has 4 aromatic rings. The van der Waals surface area contributed by atoms with Gasteiger partial charge in [-0.05, 0) is 62.2 Å². The first-order chi connectivity index (χ1) is 16.4. The average Bonchev–Trinajstić information content (AvgIpc) is 3.29. The summed E-state index contributed by atoms with van der Waals surface area (Å²) in [5, 5.41) is 11.1. The highest BCUT2D eigenvalue weighted by Crippen LogP contribution is 2.26. The Hall–Kier alpha value is -3.32. The zero-order chi connectivity index (χ0) is 23.8. The van der Waals surface area contributed by atoms with Gasteiger partial charge >= 0.3 is 11.7 Å². The highest BCUT2D eigenvalue weighted by atomic mass is 16.4. The lowest BCUT2D eigenvalue weighted by Crippen LogP contribution is -2.40. The van der Waals surface area contributed by atoms with E-state index in [0.29, 0.717) is 13.1 Å². The van der Waals surface area contributed by atoms with Gasteiger partial charge in [-0.1, -0.05) is 30.7 Å². The molecule has 0 aliphatic carbocycles. The van der Waals surface area contributed by atoms with Crippen molar-refractivity contribution >= 4 is 27.9 Å². The molecule has 7 nitrogen and oxygen atoms in total. The fraction of sp³-hybridized carbons (Fsp3) is 0.407. The molecule has 0 spiro atoms. The Morgan fingerprint density at radius 1 is 0.941 bits per heavy atom. The van der Waals surface area contributed by atoms with E-state index in [1.54, 1.807) is 9.13 Å². The van der Waals surface area contributed by atoms with Crippen molar-refractivity contribution in [3.63, 3.8) is 0 Å². The van der Waals surface area contributed by atoms with Gasteiger partial charge in [0.05, 0.1) is 23.5 Å². The molecule has 7 heteroatoms. The van der Waals surface area contributed by atoms with Gasteiger partial charge in [-0.3, -0.25) is 13.9 Å². The lowest BCUT2D eigenvalue weighted by atomic mass is 10.1. The summed E-state index contributed by atoms with van der Waals surface area (Å²) in [5.74, 6) is -1.48. The van der Waals surface area contributed by atoms with Crippen LogP contribution in [0.5, 0.6) is 0 Å². The standard InChI is InChI=1S/C27H32N4O3/c1-19-9-8-12-24-25(19)20(15-28(24)2)17-30-22-10-4-5-11-23(22)31(27(30)34)18-21(26(32)33)16-29-13-6-3-7-14-29/h4-5,8-12,15,21H,3,6-7,13-14,16-18H2,1-2H3,(H,32,33). The van der Waals surface area contributed by atoms with Crippen molar-refractivity contribution in [2.24, 2.45) is 13.0 Å². The van der Waals surface area contributed by atoms with Gasteiger partial charge < -0.3 is 14.6 Å². The van der Waals surface area contributed by atoms with Crippen LogP contribution >= 0.6 is 0 Å². The van der Waals surface area contributed by atoms with E-state index in [1.807, 2.05) is 37.4 Å². The monoisotopic (exact) mass is 460 g/mol. The van der Waals surface area contributed by atoms with Gasteiger partial charge in [0.1, 0.15) is 0 Å². The Bertz CT molecular complexity index is 1400. The molecule has 1 saturated heterocycles. The number of aromatic nitrogens is 3. The largest absolute Gasteiger partial charge is 0.481 e. The number of fused-ring (bicyclic) bond motifs is 2. The fourth-order valence-electron chi connectivity index (χ4n) is 5.51. The zero-order valence-corrected chi connectivity index (χ0v) is 19.9. The predicted octanol–water partition coefficient (Wildman–Crippen LogP) is 3.84. The lowest BCUT2D eigenvalue weighted by Gasteiger charge is -2.29. The van der Waals surface area contributed by atoms with Crippen molar-refractivity contribution in [2.45, 2.75) is 39.3 Å². The van der Waals surface area contributed by atoms with Crippen LogP contribution in [0.3, 0.4) is 0 Å². The Morgan fingerprint density at radius 2 is 1.62 bits per heavy atom. The molecule has 178 valence electrons. The number of aliphatic carboxylic acids is 1. The molecule has 1 aliphatic rings. The maximum atomic E-state index is 13.7. The molecule has 1 aliphatic heterocycles. The van der Waals surface area contributed by atoms with E-state index in [2.05, 4.69) is 34.7 Å². The summed E-state index contributed by atoms with van der Waals surface area (Å²) in [6.45, 7) is 5.05. The van der Waals surface area contributed by atoms with Crippen molar-refractivity contribution in [2.75, 3.05) is 19.6 Å². The first-order valence-corrected chi connectivity index (χ1v) is 12.1. The molecule has 0 amide bonds. The molecule has 0 saturated carbocycles. The number of para-hydroxylation sites is 2. The third-order valence-electron chi connectivity index (χ3n) is 7.23. The van der Waals surface area contributed by atoms with Crippen LogP contribution in [-0.2, 0) is 24.9 Å². The number of likely N-dealkylation sites (tertiary alicyclic amines) is 1. The lowest BCUT2D eigenvalue weighted by molar-refractivity contribution is -0.143. The highest BCUT2D eigenvalue weighted by Gasteiger charge is 2.25. The van der Waals surface area contributed by atoms with E-state index >= 15 is 0 Å². The molecule has 1 unspecified atom stereocenters. The van der Waals surface area contributed by atoms with E-state index in [9.17, 15) is 14.7 Å². The summed E-state index contributed by atoms with van der Waals surface area (Å²) in [6.07, 6.45) is 5.51. The molecule has 1 atom stereocenters. The molecule has 0 radical (unpaired) electrons. The number of imidazole rings is 1. The van der Waals surface area contributed by atoms with Crippen molar-refractivity contribution in [1.82, 2.24) is 18.6 Å². The summed E-state index contributed by atoms with van der Waals surface area (Å²) >= 11 is 0. The van der Waals surface area contributed by atoms with Gasteiger partial charge in [0.2, 0.25) is 0 Å². The maximum absolute atomic E-state index is 13.7. The van der Waals surface area contributed by atoms with Gasteiger partial charge in [-0.2, -0.15) is 0 Å². The number of benzene rings is 2. The van der Waals surface area contributed by atoms with E-state index < -0.39 is 11.9 Å². The van der Waals surface area contributed by atoms with Crippen LogP contribution in [0.1, 0.15) is 30.4 Å². The topological polar surface area (TPSA) is 72.4 Å². The number of carbonyl (C=O) groups is 1. The molecular weight excluding hydrogens is 428 g/mol. The van der Waals surface area contributed by atoms with Crippen molar-refractivity contribution in [1.29, 1.82) is 0 Å². The Morgan fingerprint density at radius 3 is 2.32 bits per heavy atom. The van der Waals surface area contributed by atoms with Crippen molar-refractivity contribution < 1.29 is 9.90 Å². The Kier molecular flexibility index (Phi) is 6.04. The SMILES string of the molecule is Cc1cccc2c1c(Cn1c(=O)n(CC(CN3CCCCC3)C(=O)O)c3ccccc31)cn2C. The van der Waals surface area contributed by atoms with E-state index in [4.69, 9.17) is 0 Å². The number of nitrogens with zero attached hydrogens (tertiary/aromatic N) is 4. The molecule has 0 bridgehead atoms. The smallest absolute Gasteiger partial charge is 0.329 e. The quantitative estimate of drug-likeness (QED) is 0.455. The zero-order valence-electron chi connectivity index (χ0n) is 19.9. The van der Waals surface area contributed by atoms with Crippen molar-refractivity contribution in [3.8, 4) is 0 Å². The number of aryl methyl sites for hydroxylation is 2. The predicted molar refractivity (Wildman–Crippen MR) is 134 cm³/mol. The minimum Gasteiger partial charge on any atom is -0.481 e. The second kappa shape index (κ2) is 9.14. The van der Waals surface area contributed by atoms with Crippen LogP contribution in [0.2, 0.25) is 0 Å². The Balaban J connectivity index is 1.53. The van der Waals surface area contributed by atoms with Crippen LogP contribution in [0, 0.1) is 12.8 Å². The molecule has 3 heterocycles. The van der Waals surface area contributed by atoms with Gasteiger partial charge in [-0.25, -0.2) is 4.79 Å². The summed E-state index contributed by atoms with van der Waals surface area (Å²) in [4.78, 5) is 28.1. The average molecular weight is 461 g/mol. The Labute approximate surface area is 198 Å². The third-order valence-corrected chi connectivity index (χ3v) is 7.23. The van der Waals surface area contributed by atoms with Crippen LogP contribution in [0.25, 0.3) is 21.9 Å². The van der Waals surface area contributed by atoms with Gasteiger partial charge in [0.25, 0.3) is 0 Å². The number of carboxylic acids is 1. The number of hydrogen-bond acceptors (Lipinski definition) is 3. The van der Waals surface area contributed by atoms with Gasteiger partial charge in [0, 0.05) is 37.2 Å². The summed E-state index contributed by atoms with van der Waals surface area (Å²) in [5.41, 5.74) is 4.87. The minimum atomic E-state index is -0.848. The minimum absolute atomic E-state index is 0.156. The third kappa shape index (κ3) is 4.05. The normalized spacial score (nSPS) is 15.8. The van der Waals surface area contributed by atoms with Crippen LogP contribution < -0.4 is 5.69 Å². The van der Waals surface area contributed by atoms with E-state index in [-0.39, 0.29) is 12.2 Å². The first kappa shape index (κ1) is 22.5. The van der Waals surface area contributed by atoms with E-state index in [0.717, 1.165) is 48.0 Å². The highest BCUT2D eigenvalue weighted by molar-refractivity contribution is 5.87. The molecule has 2 aromatic heterocycles. The molecule has 1 fully saturated rings. The van der Waals surface area contributed by atoms with Gasteiger partial charge in [-0.15, -0.1) is 0 Å². The summed E-state index contributed by atoms with van der Waals surface area (Å²) in [6, 6.07) is 13.9. The molecule has 1 N–H and O–H groups in total. The van der Waals surface area contributed by atoms with Crippen LogP contribution in [0.4, 0.5) is 0 Å². The van der Waals surface area contributed by atoms with Crippen molar-refractivity contribution in [3.05, 3.63) is 70.3 Å². The first-order valence-electron chi connectivity index (χ1n) is 12.1. The molecule has 2 aromatic carbocycles. The van der Waals surface area contributed by atoms with Crippen LogP contribution in [0.15, 0.2) is 53.5 Å². The fourth-order valence-corrected chi connectivity index (χ4v) is 5.51. The summed E-state index contributed by atoms with van der Waals surface area (Å²) in [7, 11) is 2.02. The second-order valence-corrected chi connectivity index (χ2v) is 9.60. The van der Waals surface area contributed by atoms with Crippen LogP contribution in [-0.4, -0.2) is 49.3 Å². The number of rotatable bonds is 7.